The van der Waals surface area contributed by atoms with Crippen molar-refractivity contribution in [1.82, 2.24) is 24.8 Å². The Kier molecular flexibility index (Phi) is 4.81. The van der Waals surface area contributed by atoms with Crippen molar-refractivity contribution in [1.29, 1.82) is 0 Å². The third-order valence-electron chi connectivity index (χ3n) is 3.73. The molecule has 0 bridgehead atoms. The van der Waals surface area contributed by atoms with E-state index < -0.39 is 0 Å². The normalized spacial score (nSPS) is 16.1. The summed E-state index contributed by atoms with van der Waals surface area (Å²) in [5, 5.41) is 19.0. The number of aliphatic hydroxyl groups is 1. The number of amides is 1. The van der Waals surface area contributed by atoms with E-state index in [2.05, 4.69) is 15.2 Å². The summed E-state index contributed by atoms with van der Waals surface area (Å²) in [6.07, 6.45) is 1.71. The van der Waals surface area contributed by atoms with Gasteiger partial charge in [-0.25, -0.2) is 4.68 Å². The van der Waals surface area contributed by atoms with Crippen molar-refractivity contribution in [3.63, 3.8) is 0 Å². The van der Waals surface area contributed by atoms with Crippen LogP contribution in [0.2, 0.25) is 0 Å². The molecule has 118 valence electrons. The summed E-state index contributed by atoms with van der Waals surface area (Å²) in [5.41, 5.74) is 0.396. The predicted molar refractivity (Wildman–Crippen MR) is 82.9 cm³/mol. The zero-order valence-corrected chi connectivity index (χ0v) is 13.1. The molecule has 0 spiro atoms. The summed E-state index contributed by atoms with van der Waals surface area (Å²) in [6, 6.07) is 4.03. The van der Waals surface area contributed by atoms with Gasteiger partial charge in [-0.15, -0.1) is 16.4 Å². The Bertz CT molecular complexity index is 605. The second-order valence-electron chi connectivity index (χ2n) is 5.24. The molecule has 1 N–H and O–H groups in total. The van der Waals surface area contributed by atoms with Gasteiger partial charge in [-0.1, -0.05) is 11.3 Å². The maximum Gasteiger partial charge on any atom is 0.276 e. The van der Waals surface area contributed by atoms with Crippen LogP contribution in [0.4, 0.5) is 0 Å². The smallest absolute Gasteiger partial charge is 0.276 e. The van der Waals surface area contributed by atoms with Crippen LogP contribution in [0.15, 0.2) is 23.7 Å². The fourth-order valence-electron chi connectivity index (χ4n) is 2.51. The van der Waals surface area contributed by atoms with Gasteiger partial charge in [0, 0.05) is 37.6 Å². The number of hydrogen-bond acceptors (Lipinski definition) is 6. The molecule has 0 aromatic carbocycles. The van der Waals surface area contributed by atoms with Gasteiger partial charge >= 0.3 is 0 Å². The Morgan fingerprint density at radius 2 is 2.14 bits per heavy atom. The fraction of sp³-hybridized carbons (Fsp3) is 0.500. The van der Waals surface area contributed by atoms with E-state index in [1.807, 2.05) is 17.5 Å². The number of aromatic nitrogens is 3. The summed E-state index contributed by atoms with van der Waals surface area (Å²) in [7, 11) is 0. The van der Waals surface area contributed by atoms with Gasteiger partial charge in [-0.2, -0.15) is 0 Å². The number of thiophene rings is 1. The number of carbonyl (C=O) groups is 1. The molecule has 1 amide bonds. The quantitative estimate of drug-likeness (QED) is 0.848. The molecule has 8 heteroatoms. The number of piperazine rings is 1. The molecule has 2 aromatic rings. The molecule has 1 saturated heterocycles. The molecule has 1 fully saturated rings. The van der Waals surface area contributed by atoms with Crippen LogP contribution in [0.5, 0.6) is 0 Å². The molecule has 3 heterocycles. The topological polar surface area (TPSA) is 74.5 Å². The monoisotopic (exact) mass is 321 g/mol. The van der Waals surface area contributed by atoms with Crippen LogP contribution in [0.25, 0.3) is 0 Å². The summed E-state index contributed by atoms with van der Waals surface area (Å²) >= 11 is 1.66. The molecule has 0 unspecified atom stereocenters. The maximum atomic E-state index is 12.4. The number of nitrogens with zero attached hydrogens (tertiary/aromatic N) is 5. The molecular weight excluding hydrogens is 302 g/mol. The lowest BCUT2D eigenvalue weighted by molar-refractivity contribution is 0.0609. The Morgan fingerprint density at radius 3 is 2.82 bits per heavy atom. The molecule has 7 nitrogen and oxygen atoms in total. The minimum atomic E-state index is -0.0684. The number of carbonyl (C=O) groups excluding carboxylic acids is 1. The van der Waals surface area contributed by atoms with Crippen molar-refractivity contribution in [3.05, 3.63) is 34.3 Å². The highest BCUT2D eigenvalue weighted by molar-refractivity contribution is 7.09. The van der Waals surface area contributed by atoms with Crippen LogP contribution in [0, 0.1) is 0 Å². The standard InChI is InChI=1S/C14H19N5O2S/c20-8-7-17-3-5-18(6-4-17)14(21)13-11-19(16-15-13)10-12-2-1-9-22-12/h1-2,9,11,20H,3-8,10H2. The third kappa shape index (κ3) is 3.52. The zero-order valence-electron chi connectivity index (χ0n) is 12.3. The van der Waals surface area contributed by atoms with Crippen LogP contribution in [-0.4, -0.2) is 75.1 Å². The number of rotatable bonds is 5. The lowest BCUT2D eigenvalue weighted by atomic mass is 10.3. The summed E-state index contributed by atoms with van der Waals surface area (Å²) in [5.74, 6) is -0.0684. The third-order valence-corrected chi connectivity index (χ3v) is 4.59. The molecule has 1 aliphatic heterocycles. The highest BCUT2D eigenvalue weighted by atomic mass is 32.1. The molecule has 0 atom stereocenters. The van der Waals surface area contributed by atoms with Crippen LogP contribution < -0.4 is 0 Å². The van der Waals surface area contributed by atoms with Gasteiger partial charge < -0.3 is 10.0 Å². The van der Waals surface area contributed by atoms with E-state index in [9.17, 15) is 4.79 Å². The average Bonchev–Trinajstić information content (AvgIpc) is 3.20. The fourth-order valence-corrected chi connectivity index (χ4v) is 3.21. The van der Waals surface area contributed by atoms with Gasteiger partial charge in [0.15, 0.2) is 5.69 Å². The van der Waals surface area contributed by atoms with Crippen LogP contribution in [0.1, 0.15) is 15.4 Å². The second-order valence-corrected chi connectivity index (χ2v) is 6.27. The molecular formula is C14H19N5O2S. The minimum absolute atomic E-state index is 0.0684. The van der Waals surface area contributed by atoms with Gasteiger partial charge in [-0.3, -0.25) is 9.69 Å². The van der Waals surface area contributed by atoms with E-state index in [-0.39, 0.29) is 12.5 Å². The van der Waals surface area contributed by atoms with E-state index >= 15 is 0 Å². The van der Waals surface area contributed by atoms with Gasteiger partial charge in [0.25, 0.3) is 5.91 Å². The maximum absolute atomic E-state index is 12.4. The van der Waals surface area contributed by atoms with Gasteiger partial charge in [0.1, 0.15) is 0 Å². The van der Waals surface area contributed by atoms with Crippen LogP contribution in [-0.2, 0) is 6.54 Å². The van der Waals surface area contributed by atoms with Gasteiger partial charge in [0.2, 0.25) is 0 Å². The Hall–Kier alpha value is -1.77. The molecule has 0 aliphatic carbocycles. The van der Waals surface area contributed by atoms with Crippen LogP contribution >= 0.6 is 11.3 Å². The molecule has 3 rings (SSSR count). The Morgan fingerprint density at radius 1 is 1.32 bits per heavy atom. The first-order valence-corrected chi connectivity index (χ1v) is 8.19. The number of β-amino-alcohol motifs (C(OH)–C–C–N with tert-alkyl or cyclic N) is 1. The van der Waals surface area contributed by atoms with E-state index in [1.165, 1.54) is 4.88 Å². The van der Waals surface area contributed by atoms with Crippen molar-refractivity contribution in [2.45, 2.75) is 6.54 Å². The van der Waals surface area contributed by atoms with Crippen molar-refractivity contribution >= 4 is 17.2 Å². The van der Waals surface area contributed by atoms with Crippen molar-refractivity contribution in [3.8, 4) is 0 Å². The highest BCUT2D eigenvalue weighted by Crippen LogP contribution is 2.11. The molecule has 22 heavy (non-hydrogen) atoms. The molecule has 0 radical (unpaired) electrons. The summed E-state index contributed by atoms with van der Waals surface area (Å²) in [4.78, 5) is 17.6. The van der Waals surface area contributed by atoms with E-state index in [4.69, 9.17) is 5.11 Å². The largest absolute Gasteiger partial charge is 0.395 e. The highest BCUT2D eigenvalue weighted by Gasteiger charge is 2.23. The van der Waals surface area contributed by atoms with Gasteiger partial charge in [-0.05, 0) is 11.4 Å². The first-order valence-electron chi connectivity index (χ1n) is 7.31. The van der Waals surface area contributed by atoms with E-state index in [1.54, 1.807) is 27.1 Å². The zero-order chi connectivity index (χ0) is 15.4. The SMILES string of the molecule is O=C(c1cn(Cc2cccs2)nn1)N1CCN(CCO)CC1. The lowest BCUT2D eigenvalue weighted by Crippen LogP contribution is -2.49. The minimum Gasteiger partial charge on any atom is -0.395 e. The number of hydrogen-bond donors (Lipinski definition) is 1. The predicted octanol–water partition coefficient (Wildman–Crippen LogP) is 0.138. The van der Waals surface area contributed by atoms with Crippen molar-refractivity contribution in [2.24, 2.45) is 0 Å². The summed E-state index contributed by atoms with van der Waals surface area (Å²) < 4.78 is 1.70. The molecule has 2 aromatic heterocycles. The number of aliphatic hydroxyl groups excluding tert-OH is 1. The Balaban J connectivity index is 1.58. The first-order chi connectivity index (χ1) is 10.8. The average molecular weight is 321 g/mol. The summed E-state index contributed by atoms with van der Waals surface area (Å²) in [6.45, 7) is 4.37. The van der Waals surface area contributed by atoms with Crippen molar-refractivity contribution < 1.29 is 9.90 Å². The second kappa shape index (κ2) is 6.99. The van der Waals surface area contributed by atoms with Crippen molar-refractivity contribution in [2.75, 3.05) is 39.3 Å². The molecule has 0 saturated carbocycles. The van der Waals surface area contributed by atoms with Gasteiger partial charge in [0.05, 0.1) is 19.3 Å². The van der Waals surface area contributed by atoms with E-state index in [0.29, 0.717) is 31.9 Å². The molecule has 1 aliphatic rings. The lowest BCUT2D eigenvalue weighted by Gasteiger charge is -2.33. The first kappa shape index (κ1) is 15.1. The van der Waals surface area contributed by atoms with E-state index in [0.717, 1.165) is 13.1 Å². The Labute approximate surface area is 132 Å². The van der Waals surface area contributed by atoms with Crippen LogP contribution in [0.3, 0.4) is 0 Å².